The van der Waals surface area contributed by atoms with Crippen molar-refractivity contribution in [3.05, 3.63) is 40.3 Å². The summed E-state index contributed by atoms with van der Waals surface area (Å²) >= 11 is 2.90. The highest BCUT2D eigenvalue weighted by Gasteiger charge is 2.27. The van der Waals surface area contributed by atoms with E-state index in [0.717, 1.165) is 42.3 Å². The van der Waals surface area contributed by atoms with Gasteiger partial charge < -0.3 is 15.0 Å². The number of para-hydroxylation sites is 2. The van der Waals surface area contributed by atoms with Crippen LogP contribution in [0.4, 0.5) is 5.00 Å². The normalized spacial score (nSPS) is 15.0. The molecule has 2 aromatic heterocycles. The lowest BCUT2D eigenvalue weighted by atomic mass is 9.96. The van der Waals surface area contributed by atoms with E-state index in [1.165, 1.54) is 40.8 Å². The van der Waals surface area contributed by atoms with Gasteiger partial charge in [0.15, 0.2) is 5.16 Å². The molecule has 3 aromatic rings. The predicted molar refractivity (Wildman–Crippen MR) is 126 cm³/mol. The number of fused-ring (bicyclic) bond motifs is 2. The first-order chi connectivity index (χ1) is 15.1. The molecule has 1 aromatic carbocycles. The van der Waals surface area contributed by atoms with Crippen molar-refractivity contribution in [1.82, 2.24) is 9.97 Å². The minimum Gasteiger partial charge on any atom is -0.462 e. The molecule has 0 aliphatic heterocycles. The Morgan fingerprint density at radius 3 is 2.77 bits per heavy atom. The highest BCUT2D eigenvalue weighted by Crippen LogP contribution is 2.38. The first-order valence-electron chi connectivity index (χ1n) is 10.8. The summed E-state index contributed by atoms with van der Waals surface area (Å²) in [4.78, 5) is 34.7. The van der Waals surface area contributed by atoms with Crippen molar-refractivity contribution in [3.8, 4) is 0 Å². The van der Waals surface area contributed by atoms with Gasteiger partial charge in [-0.25, -0.2) is 9.78 Å². The van der Waals surface area contributed by atoms with Crippen molar-refractivity contribution in [1.29, 1.82) is 0 Å². The van der Waals surface area contributed by atoms with Crippen LogP contribution in [0.5, 0.6) is 0 Å². The van der Waals surface area contributed by atoms with E-state index in [2.05, 4.69) is 15.3 Å². The molecule has 1 aliphatic carbocycles. The quantitative estimate of drug-likeness (QED) is 0.373. The van der Waals surface area contributed by atoms with E-state index >= 15 is 0 Å². The monoisotopic (exact) mass is 457 g/mol. The van der Waals surface area contributed by atoms with E-state index in [-0.39, 0.29) is 17.1 Å². The number of carbonyl (C=O) groups excluding carboxylic acids is 2. The first kappa shape index (κ1) is 21.9. The first-order valence-corrected chi connectivity index (χ1v) is 12.5. The minimum atomic E-state index is -0.375. The Kier molecular flexibility index (Phi) is 6.97. The van der Waals surface area contributed by atoms with Crippen molar-refractivity contribution in [2.75, 3.05) is 11.9 Å². The number of anilines is 1. The molecule has 1 amide bonds. The second kappa shape index (κ2) is 9.87. The van der Waals surface area contributed by atoms with E-state index in [9.17, 15) is 9.59 Å². The third-order valence-corrected chi connectivity index (χ3v) is 7.60. The number of thioether (sulfide) groups is 1. The molecule has 2 N–H and O–H groups in total. The molecular formula is C23H27N3O3S2. The lowest BCUT2D eigenvalue weighted by molar-refractivity contribution is -0.115. The number of benzene rings is 1. The molecule has 31 heavy (non-hydrogen) atoms. The third-order valence-electron chi connectivity index (χ3n) is 5.41. The van der Waals surface area contributed by atoms with Gasteiger partial charge in [0.1, 0.15) is 5.00 Å². The van der Waals surface area contributed by atoms with Crippen LogP contribution >= 0.6 is 23.1 Å². The van der Waals surface area contributed by atoms with Gasteiger partial charge in [0, 0.05) is 4.88 Å². The molecule has 6 nitrogen and oxygen atoms in total. The van der Waals surface area contributed by atoms with Crippen LogP contribution in [0.15, 0.2) is 29.4 Å². The van der Waals surface area contributed by atoms with Crippen LogP contribution in [0.3, 0.4) is 0 Å². The molecule has 8 heteroatoms. The summed E-state index contributed by atoms with van der Waals surface area (Å²) in [6, 6.07) is 7.79. The Labute approximate surface area is 190 Å². The summed E-state index contributed by atoms with van der Waals surface area (Å²) in [6.45, 7) is 3.97. The van der Waals surface area contributed by atoms with E-state index in [1.807, 2.05) is 31.2 Å². The molecule has 4 rings (SSSR count). The third kappa shape index (κ3) is 4.96. The van der Waals surface area contributed by atoms with Crippen LogP contribution in [-0.4, -0.2) is 33.7 Å². The van der Waals surface area contributed by atoms with Crippen molar-refractivity contribution in [2.24, 2.45) is 0 Å². The Hall–Kier alpha value is -2.32. The molecule has 164 valence electrons. The van der Waals surface area contributed by atoms with Crippen LogP contribution in [0.2, 0.25) is 0 Å². The molecule has 0 saturated heterocycles. The number of carbonyl (C=O) groups is 2. The zero-order valence-corrected chi connectivity index (χ0v) is 19.5. The van der Waals surface area contributed by atoms with Gasteiger partial charge in [-0.05, 0) is 57.2 Å². The summed E-state index contributed by atoms with van der Waals surface area (Å²) < 4.78 is 5.33. The maximum absolute atomic E-state index is 13.0. The Morgan fingerprint density at radius 1 is 1.23 bits per heavy atom. The number of aromatic amines is 1. The molecule has 0 fully saturated rings. The number of rotatable bonds is 6. The van der Waals surface area contributed by atoms with Crippen LogP contribution in [0.1, 0.15) is 60.3 Å². The van der Waals surface area contributed by atoms with Gasteiger partial charge in [0.05, 0.1) is 28.5 Å². The molecule has 1 atom stereocenters. The van der Waals surface area contributed by atoms with Crippen molar-refractivity contribution < 1.29 is 14.3 Å². The van der Waals surface area contributed by atoms with Gasteiger partial charge in [0.2, 0.25) is 5.91 Å². The topological polar surface area (TPSA) is 84.1 Å². The smallest absolute Gasteiger partial charge is 0.341 e. The number of imidazole rings is 1. The zero-order chi connectivity index (χ0) is 21.8. The van der Waals surface area contributed by atoms with Crippen molar-refractivity contribution in [2.45, 2.75) is 62.8 Å². The van der Waals surface area contributed by atoms with Gasteiger partial charge in [-0.15, -0.1) is 11.3 Å². The fourth-order valence-corrected chi connectivity index (χ4v) is 5.95. The summed E-state index contributed by atoms with van der Waals surface area (Å²) in [6.07, 6.45) is 6.36. The van der Waals surface area contributed by atoms with Crippen LogP contribution in [0.25, 0.3) is 11.0 Å². The van der Waals surface area contributed by atoms with Crippen molar-refractivity contribution >= 4 is 51.0 Å². The van der Waals surface area contributed by atoms with Crippen LogP contribution in [0, 0.1) is 0 Å². The van der Waals surface area contributed by atoms with E-state index in [4.69, 9.17) is 4.74 Å². The highest BCUT2D eigenvalue weighted by atomic mass is 32.2. The fourth-order valence-electron chi connectivity index (χ4n) is 3.85. The SMILES string of the molecule is CCOC(=O)c1c(NC(=O)C(C)Sc2nc3ccccc3[nH]2)sc2c1CCCCCC2. The predicted octanol–water partition coefficient (Wildman–Crippen LogP) is 5.58. The standard InChI is InChI=1S/C23H27N3O3S2/c1-3-29-22(28)19-15-10-6-4-5-7-13-18(15)31-21(19)26-20(27)14(2)30-23-24-16-11-8-9-12-17(16)25-23/h8-9,11-12,14H,3-7,10,13H2,1-2H3,(H,24,25)(H,26,27). The van der Waals surface area contributed by atoms with Crippen molar-refractivity contribution in [3.63, 3.8) is 0 Å². The van der Waals surface area contributed by atoms with Gasteiger partial charge in [-0.3, -0.25) is 4.79 Å². The number of aromatic nitrogens is 2. The number of nitrogens with one attached hydrogen (secondary N) is 2. The Bertz CT molecular complexity index is 1060. The molecule has 1 aliphatic rings. The van der Waals surface area contributed by atoms with E-state index in [0.29, 0.717) is 22.3 Å². The van der Waals surface area contributed by atoms with Gasteiger partial charge >= 0.3 is 5.97 Å². The lowest BCUT2D eigenvalue weighted by Gasteiger charge is -2.12. The number of amides is 1. The number of hydrogen-bond acceptors (Lipinski definition) is 6. The Balaban J connectivity index is 1.54. The highest BCUT2D eigenvalue weighted by molar-refractivity contribution is 8.00. The number of aryl methyl sites for hydroxylation is 1. The minimum absolute atomic E-state index is 0.148. The number of nitrogens with zero attached hydrogens (tertiary/aromatic N) is 1. The molecule has 0 bridgehead atoms. The fraction of sp³-hybridized carbons (Fsp3) is 0.435. The summed E-state index contributed by atoms with van der Waals surface area (Å²) in [5, 5.41) is 3.96. The van der Waals surface area contributed by atoms with Crippen LogP contribution < -0.4 is 5.32 Å². The molecular weight excluding hydrogens is 430 g/mol. The van der Waals surface area contributed by atoms with Crippen LogP contribution in [-0.2, 0) is 22.4 Å². The van der Waals surface area contributed by atoms with Gasteiger partial charge in [0.25, 0.3) is 0 Å². The average Bonchev–Trinajstić information content (AvgIpc) is 3.28. The molecule has 0 saturated carbocycles. The number of esters is 1. The molecule has 0 radical (unpaired) electrons. The summed E-state index contributed by atoms with van der Waals surface area (Å²) in [5.74, 6) is -0.487. The lowest BCUT2D eigenvalue weighted by Crippen LogP contribution is -2.23. The molecule has 1 unspecified atom stereocenters. The maximum atomic E-state index is 13.0. The van der Waals surface area contributed by atoms with Gasteiger partial charge in [-0.1, -0.05) is 36.7 Å². The largest absolute Gasteiger partial charge is 0.462 e. The number of ether oxygens (including phenoxy) is 1. The zero-order valence-electron chi connectivity index (χ0n) is 17.8. The maximum Gasteiger partial charge on any atom is 0.341 e. The second-order valence-corrected chi connectivity index (χ2v) is 10.1. The summed E-state index contributed by atoms with van der Waals surface area (Å²) in [7, 11) is 0. The molecule has 0 spiro atoms. The van der Waals surface area contributed by atoms with E-state index < -0.39 is 0 Å². The average molecular weight is 458 g/mol. The van der Waals surface area contributed by atoms with Gasteiger partial charge in [-0.2, -0.15) is 0 Å². The number of H-pyrrole nitrogens is 1. The number of thiophene rings is 1. The number of hydrogen-bond donors (Lipinski definition) is 2. The Morgan fingerprint density at radius 2 is 2.00 bits per heavy atom. The van der Waals surface area contributed by atoms with E-state index in [1.54, 1.807) is 6.92 Å². The summed E-state index contributed by atoms with van der Waals surface area (Å²) in [5.41, 5.74) is 3.44. The molecule has 2 heterocycles. The second-order valence-electron chi connectivity index (χ2n) is 7.65.